The quantitative estimate of drug-likeness (QED) is 0.549. The predicted molar refractivity (Wildman–Crippen MR) is 110 cm³/mol. The summed E-state index contributed by atoms with van der Waals surface area (Å²) in [5.74, 6) is 0.840. The van der Waals surface area contributed by atoms with Crippen LogP contribution in [0.4, 0.5) is 11.4 Å². The van der Waals surface area contributed by atoms with Crippen LogP contribution in [0.2, 0.25) is 0 Å². The fraction of sp³-hybridized carbons (Fsp3) is 0.130. The van der Waals surface area contributed by atoms with E-state index in [1.165, 1.54) is 0 Å². The monoisotopic (exact) mass is 366 g/mol. The molecule has 1 spiro atoms. The number of likely N-dealkylation sites (N-methyl/N-ethyl adjacent to an activating group) is 1. The van der Waals surface area contributed by atoms with Gasteiger partial charge >= 0.3 is 0 Å². The van der Waals surface area contributed by atoms with E-state index in [9.17, 15) is 4.79 Å². The molecule has 1 aromatic heterocycles. The van der Waals surface area contributed by atoms with Gasteiger partial charge in [0.05, 0.1) is 16.7 Å². The first-order valence-corrected chi connectivity index (χ1v) is 9.52. The third-order valence-corrected chi connectivity index (χ3v) is 5.84. The molecule has 1 amide bonds. The Morgan fingerprint density at radius 2 is 1.71 bits per heavy atom. The average Bonchev–Trinajstić information content (AvgIpc) is 3.24. The maximum absolute atomic E-state index is 13.9. The fourth-order valence-corrected chi connectivity index (χ4v) is 4.67. The van der Waals surface area contributed by atoms with Crippen LogP contribution in [0.1, 0.15) is 12.5 Å². The Morgan fingerprint density at radius 3 is 2.61 bits per heavy atom. The van der Waals surface area contributed by atoms with E-state index in [4.69, 9.17) is 4.98 Å². The first kappa shape index (κ1) is 15.5. The highest BCUT2D eigenvalue weighted by Crippen LogP contribution is 2.50. The lowest BCUT2D eigenvalue weighted by Crippen LogP contribution is -2.53. The van der Waals surface area contributed by atoms with Gasteiger partial charge in [0.2, 0.25) is 5.66 Å². The molecule has 3 aromatic carbocycles. The highest BCUT2D eigenvalue weighted by Gasteiger charge is 2.55. The number of amides is 1. The maximum Gasteiger partial charge on any atom is 0.279 e. The molecule has 6 rings (SSSR count). The summed E-state index contributed by atoms with van der Waals surface area (Å²) in [6.07, 6.45) is 0. The van der Waals surface area contributed by atoms with Crippen molar-refractivity contribution in [3.05, 3.63) is 78.4 Å². The molecule has 0 bridgehead atoms. The molecule has 0 saturated carbocycles. The van der Waals surface area contributed by atoms with Crippen LogP contribution >= 0.6 is 0 Å². The van der Waals surface area contributed by atoms with Crippen molar-refractivity contribution in [1.29, 1.82) is 0 Å². The number of hydrogen-bond acceptors (Lipinski definition) is 3. The standard InChI is InChI=1S/C23H18N4O/c1-2-26-19-13-7-4-10-16(19)23(22(26)28)25-17-11-5-3-9-15(17)21-24-18-12-6-8-14-20(18)27(21)23/h3-14,25H,2H2,1H3/t23-/m1/s1. The topological polar surface area (TPSA) is 50.2 Å². The zero-order valence-electron chi connectivity index (χ0n) is 15.4. The van der Waals surface area contributed by atoms with E-state index in [1.807, 2.05) is 78.6 Å². The third-order valence-electron chi connectivity index (χ3n) is 5.84. The first-order chi connectivity index (χ1) is 13.8. The van der Waals surface area contributed by atoms with Gasteiger partial charge in [-0.05, 0) is 37.3 Å². The van der Waals surface area contributed by atoms with Gasteiger partial charge < -0.3 is 10.2 Å². The number of rotatable bonds is 1. The van der Waals surface area contributed by atoms with Crippen molar-refractivity contribution >= 4 is 28.3 Å². The van der Waals surface area contributed by atoms with E-state index in [1.54, 1.807) is 0 Å². The number of nitrogens with one attached hydrogen (secondary N) is 1. The minimum atomic E-state index is -1.04. The van der Waals surface area contributed by atoms with Crippen LogP contribution in [0, 0.1) is 0 Å². The summed E-state index contributed by atoms with van der Waals surface area (Å²) in [4.78, 5) is 20.7. The van der Waals surface area contributed by atoms with Gasteiger partial charge in [0, 0.05) is 23.4 Å². The summed E-state index contributed by atoms with van der Waals surface area (Å²) >= 11 is 0. The molecule has 0 fully saturated rings. The van der Waals surface area contributed by atoms with Crippen molar-refractivity contribution < 1.29 is 4.79 Å². The second-order valence-electron chi connectivity index (χ2n) is 7.21. The molecule has 3 heterocycles. The molecule has 0 unspecified atom stereocenters. The Hall–Kier alpha value is -3.60. The van der Waals surface area contributed by atoms with E-state index < -0.39 is 5.66 Å². The molecule has 2 aliphatic heterocycles. The minimum absolute atomic E-state index is 0.0232. The summed E-state index contributed by atoms with van der Waals surface area (Å²) in [7, 11) is 0. The van der Waals surface area contributed by atoms with Crippen LogP contribution in [0.25, 0.3) is 22.4 Å². The molecule has 5 heteroatoms. The highest BCUT2D eigenvalue weighted by molar-refractivity contribution is 6.12. The lowest BCUT2D eigenvalue weighted by atomic mass is 9.95. The fourth-order valence-electron chi connectivity index (χ4n) is 4.67. The Kier molecular flexibility index (Phi) is 2.88. The maximum atomic E-state index is 13.9. The molecule has 4 aromatic rings. The third kappa shape index (κ3) is 1.67. The normalized spacial score (nSPS) is 19.5. The number of carbonyl (C=O) groups is 1. The van der Waals surface area contributed by atoms with Gasteiger partial charge in [0.25, 0.3) is 5.91 Å². The Bertz CT molecular complexity index is 1270. The van der Waals surface area contributed by atoms with Crippen molar-refractivity contribution in [3.63, 3.8) is 0 Å². The van der Waals surface area contributed by atoms with Crippen molar-refractivity contribution in [1.82, 2.24) is 9.55 Å². The van der Waals surface area contributed by atoms with E-state index in [-0.39, 0.29) is 5.91 Å². The molecule has 5 nitrogen and oxygen atoms in total. The molecule has 28 heavy (non-hydrogen) atoms. The van der Waals surface area contributed by atoms with Crippen molar-refractivity contribution in [2.75, 3.05) is 16.8 Å². The van der Waals surface area contributed by atoms with E-state index >= 15 is 0 Å². The van der Waals surface area contributed by atoms with Crippen LogP contribution < -0.4 is 10.2 Å². The molecule has 1 N–H and O–H groups in total. The van der Waals surface area contributed by atoms with Crippen LogP contribution in [-0.4, -0.2) is 22.0 Å². The van der Waals surface area contributed by atoms with Gasteiger partial charge in [0.1, 0.15) is 5.82 Å². The number of anilines is 2. The zero-order valence-corrected chi connectivity index (χ0v) is 15.4. The van der Waals surface area contributed by atoms with Crippen molar-refractivity contribution in [3.8, 4) is 11.4 Å². The summed E-state index contributed by atoms with van der Waals surface area (Å²) < 4.78 is 2.08. The lowest BCUT2D eigenvalue weighted by Gasteiger charge is -2.38. The van der Waals surface area contributed by atoms with Crippen LogP contribution in [0.15, 0.2) is 72.8 Å². The second-order valence-corrected chi connectivity index (χ2v) is 7.21. The highest BCUT2D eigenvalue weighted by atomic mass is 16.2. The SMILES string of the molecule is CCN1C(=O)[C@@]2(Nc3ccccc3-c3nc4ccccc4n32)c2ccccc21. The Balaban J connectivity index is 1.79. The van der Waals surface area contributed by atoms with Gasteiger partial charge in [-0.3, -0.25) is 9.36 Å². The average molecular weight is 366 g/mol. The summed E-state index contributed by atoms with van der Waals surface area (Å²) in [5.41, 5.74) is 4.63. The van der Waals surface area contributed by atoms with E-state index in [0.717, 1.165) is 39.4 Å². The lowest BCUT2D eigenvalue weighted by molar-refractivity contribution is -0.123. The Labute approximate surface area is 162 Å². The summed E-state index contributed by atoms with van der Waals surface area (Å²) in [5, 5.41) is 3.61. The molecular formula is C23H18N4O. The van der Waals surface area contributed by atoms with Crippen LogP contribution in [0.3, 0.4) is 0 Å². The molecule has 0 aliphatic carbocycles. The van der Waals surface area contributed by atoms with E-state index in [2.05, 4.69) is 16.0 Å². The van der Waals surface area contributed by atoms with Crippen LogP contribution in [-0.2, 0) is 10.5 Å². The van der Waals surface area contributed by atoms with Crippen molar-refractivity contribution in [2.24, 2.45) is 0 Å². The van der Waals surface area contributed by atoms with Crippen molar-refractivity contribution in [2.45, 2.75) is 12.6 Å². The van der Waals surface area contributed by atoms with Crippen LogP contribution in [0.5, 0.6) is 0 Å². The zero-order chi connectivity index (χ0) is 18.9. The molecule has 0 saturated heterocycles. The first-order valence-electron chi connectivity index (χ1n) is 9.52. The van der Waals surface area contributed by atoms with Gasteiger partial charge in [0.15, 0.2) is 0 Å². The summed E-state index contributed by atoms with van der Waals surface area (Å²) in [6.45, 7) is 2.63. The number of imidazole rings is 1. The number of fused-ring (bicyclic) bond motifs is 8. The molecule has 2 aliphatic rings. The number of para-hydroxylation sites is 4. The number of benzene rings is 3. The van der Waals surface area contributed by atoms with E-state index in [0.29, 0.717) is 6.54 Å². The second kappa shape index (κ2) is 5.23. The predicted octanol–water partition coefficient (Wildman–Crippen LogP) is 4.20. The number of nitrogens with zero attached hydrogens (tertiary/aromatic N) is 3. The number of hydrogen-bond donors (Lipinski definition) is 1. The van der Waals surface area contributed by atoms with Gasteiger partial charge in [-0.25, -0.2) is 4.98 Å². The smallest absolute Gasteiger partial charge is 0.279 e. The molecule has 136 valence electrons. The molecule has 0 radical (unpaired) electrons. The van der Waals surface area contributed by atoms with Gasteiger partial charge in [-0.2, -0.15) is 0 Å². The summed E-state index contributed by atoms with van der Waals surface area (Å²) in [6, 6.07) is 24.1. The minimum Gasteiger partial charge on any atom is -0.350 e. The molecular weight excluding hydrogens is 348 g/mol. The van der Waals surface area contributed by atoms with Gasteiger partial charge in [-0.1, -0.05) is 42.5 Å². The number of aromatic nitrogens is 2. The molecule has 1 atom stereocenters. The number of carbonyl (C=O) groups excluding carboxylic acids is 1. The Morgan fingerprint density at radius 1 is 0.964 bits per heavy atom. The van der Waals surface area contributed by atoms with Gasteiger partial charge in [-0.15, -0.1) is 0 Å². The largest absolute Gasteiger partial charge is 0.350 e.